The van der Waals surface area contributed by atoms with Gasteiger partial charge in [0.1, 0.15) is 28.5 Å². The van der Waals surface area contributed by atoms with Gasteiger partial charge in [0.2, 0.25) is 0 Å². The van der Waals surface area contributed by atoms with Gasteiger partial charge in [0.15, 0.2) is 11.2 Å². The molecule has 0 amide bonds. The largest absolute Gasteiger partial charge is 0.421 e. The highest BCUT2D eigenvalue weighted by atomic mass is 16.4. The molecule has 6 heterocycles. The predicted molar refractivity (Wildman–Crippen MR) is 127 cm³/mol. The summed E-state index contributed by atoms with van der Waals surface area (Å²) in [5.41, 5.74) is 2.79. The van der Waals surface area contributed by atoms with Gasteiger partial charge in [0.25, 0.3) is 12.0 Å². The molecule has 2 aliphatic heterocycles. The highest BCUT2D eigenvalue weighted by molar-refractivity contribution is 5.80. The van der Waals surface area contributed by atoms with Gasteiger partial charge in [-0.1, -0.05) is 0 Å². The number of aromatic nitrogens is 4. The van der Waals surface area contributed by atoms with Gasteiger partial charge in [-0.25, -0.2) is 0 Å². The topological polar surface area (TPSA) is 146 Å². The minimum Gasteiger partial charge on any atom is -0.421 e. The van der Waals surface area contributed by atoms with Crippen LogP contribution in [0.5, 0.6) is 0 Å². The first-order valence-electron chi connectivity index (χ1n) is 11.9. The highest BCUT2D eigenvalue weighted by Crippen LogP contribution is 2.33. The molecule has 4 aromatic heterocycles. The third-order valence-electron chi connectivity index (χ3n) is 6.52. The van der Waals surface area contributed by atoms with Gasteiger partial charge in [-0.15, -0.1) is 0 Å². The monoisotopic (exact) mass is 464 g/mol. The van der Waals surface area contributed by atoms with Crippen LogP contribution in [0, 0.1) is 0 Å². The Labute approximate surface area is 195 Å². The van der Waals surface area contributed by atoms with Gasteiger partial charge in [0.05, 0.1) is 0 Å². The van der Waals surface area contributed by atoms with E-state index in [1.165, 1.54) is 0 Å². The van der Waals surface area contributed by atoms with E-state index >= 15 is 0 Å². The summed E-state index contributed by atoms with van der Waals surface area (Å²) in [6.45, 7) is 3.85. The van der Waals surface area contributed by atoms with E-state index in [1.807, 2.05) is 0 Å². The molecule has 34 heavy (non-hydrogen) atoms. The van der Waals surface area contributed by atoms with E-state index in [0.717, 1.165) is 51.9 Å². The molecule has 2 saturated heterocycles. The number of aliphatic hydroxyl groups is 1. The summed E-state index contributed by atoms with van der Waals surface area (Å²) >= 11 is 0. The molecule has 6 rings (SSSR count). The average Bonchev–Trinajstić information content (AvgIpc) is 3.47. The van der Waals surface area contributed by atoms with E-state index in [-0.39, 0.29) is 0 Å². The van der Waals surface area contributed by atoms with Crippen molar-refractivity contribution in [1.29, 1.82) is 0 Å². The Bertz CT molecular complexity index is 1180. The zero-order valence-corrected chi connectivity index (χ0v) is 18.8. The van der Waals surface area contributed by atoms with Gasteiger partial charge in [-0.05, 0) is 64.0 Å². The number of rotatable bonds is 6. The van der Waals surface area contributed by atoms with Crippen molar-refractivity contribution in [2.75, 3.05) is 36.8 Å². The van der Waals surface area contributed by atoms with Crippen molar-refractivity contribution in [1.82, 2.24) is 30.6 Å². The number of nitrogens with zero attached hydrogens (tertiary/aromatic N) is 4. The second-order valence-electron chi connectivity index (χ2n) is 8.87. The first kappa shape index (κ1) is 21.3. The summed E-state index contributed by atoms with van der Waals surface area (Å²) < 4.78 is 12.0. The number of piperidine rings is 2. The summed E-state index contributed by atoms with van der Waals surface area (Å²) in [7, 11) is 0. The molecule has 4 aromatic rings. The van der Waals surface area contributed by atoms with Crippen LogP contribution in [0.3, 0.4) is 0 Å². The molecule has 0 aromatic carbocycles. The molecule has 11 nitrogen and oxygen atoms in total. The fourth-order valence-electron chi connectivity index (χ4n) is 4.67. The molecule has 0 atom stereocenters. The van der Waals surface area contributed by atoms with Crippen LogP contribution < -0.4 is 21.3 Å². The van der Waals surface area contributed by atoms with Gasteiger partial charge in [0, 0.05) is 24.5 Å². The normalized spacial score (nSPS) is 18.2. The van der Waals surface area contributed by atoms with Crippen LogP contribution in [0.4, 0.5) is 12.0 Å². The smallest absolute Gasteiger partial charge is 0.295 e. The lowest BCUT2D eigenvalue weighted by Crippen LogP contribution is -2.35. The minimum absolute atomic E-state index is 0.297. The lowest BCUT2D eigenvalue weighted by atomic mass is 10.1. The number of aliphatic hydroxyl groups excluding tert-OH is 1. The number of oxazole rings is 2. The molecule has 0 unspecified atom stereocenters. The van der Waals surface area contributed by atoms with Crippen LogP contribution in [0.25, 0.3) is 22.2 Å². The zero-order chi connectivity index (χ0) is 22.9. The second kappa shape index (κ2) is 9.16. The number of nitrogens with one attached hydrogen (secondary N) is 4. The predicted octanol–water partition coefficient (Wildman–Crippen LogP) is 2.17. The van der Waals surface area contributed by atoms with Crippen molar-refractivity contribution < 1.29 is 13.9 Å². The van der Waals surface area contributed by atoms with Crippen molar-refractivity contribution in [3.05, 3.63) is 35.9 Å². The van der Waals surface area contributed by atoms with Crippen LogP contribution in [-0.4, -0.2) is 63.3 Å². The maximum atomic E-state index is 11.3. The molecule has 0 aliphatic carbocycles. The molecule has 0 bridgehead atoms. The van der Waals surface area contributed by atoms with Gasteiger partial charge in [-0.2, -0.15) is 9.97 Å². The van der Waals surface area contributed by atoms with E-state index in [9.17, 15) is 5.11 Å². The van der Waals surface area contributed by atoms with Crippen molar-refractivity contribution in [2.24, 2.45) is 0 Å². The summed E-state index contributed by atoms with van der Waals surface area (Å²) in [5, 5.41) is 24.7. The second-order valence-corrected chi connectivity index (χ2v) is 8.87. The Kier molecular flexibility index (Phi) is 5.73. The molecular weight excluding hydrogens is 436 g/mol. The molecule has 2 aliphatic rings. The summed E-state index contributed by atoms with van der Waals surface area (Å²) in [4.78, 5) is 17.9. The Hall–Kier alpha value is -3.28. The Balaban J connectivity index is 1.29. The summed E-state index contributed by atoms with van der Waals surface area (Å²) in [6.07, 6.45) is 6.06. The first-order chi connectivity index (χ1) is 16.7. The van der Waals surface area contributed by atoms with Crippen LogP contribution in [0.1, 0.15) is 43.2 Å². The molecule has 0 radical (unpaired) electrons. The number of fused-ring (bicyclic) bond motifs is 2. The molecule has 2 fully saturated rings. The van der Waals surface area contributed by atoms with Gasteiger partial charge in [-0.3, -0.25) is 9.97 Å². The average molecular weight is 465 g/mol. The van der Waals surface area contributed by atoms with E-state index in [4.69, 9.17) is 8.83 Å². The van der Waals surface area contributed by atoms with Crippen molar-refractivity contribution in [2.45, 2.75) is 43.9 Å². The highest BCUT2D eigenvalue weighted by Gasteiger charge is 2.26. The van der Waals surface area contributed by atoms with Crippen LogP contribution in [0.2, 0.25) is 0 Å². The van der Waals surface area contributed by atoms with Crippen molar-refractivity contribution >= 4 is 34.2 Å². The minimum atomic E-state index is -1.16. The van der Waals surface area contributed by atoms with Crippen LogP contribution in [-0.2, 0) is 0 Å². The fourth-order valence-corrected chi connectivity index (χ4v) is 4.67. The van der Waals surface area contributed by atoms with Crippen molar-refractivity contribution in [3.8, 4) is 0 Å². The standard InChI is InChI=1S/C23H28N8O3/c32-19(17-20-15(5-11-26-17)30-22(33-20)28-13-1-7-24-8-2-13)18-21-16(6-12-27-18)31-23(34-21)29-14-3-9-25-10-4-14/h5-6,11-14,19,24-25,32H,1-4,7-10H2,(H,28,30)(H,29,31). The van der Waals surface area contributed by atoms with E-state index in [2.05, 4.69) is 41.2 Å². The summed E-state index contributed by atoms with van der Waals surface area (Å²) in [6, 6.07) is 5.00. The van der Waals surface area contributed by atoms with Gasteiger partial charge >= 0.3 is 0 Å². The number of hydrogen-bond donors (Lipinski definition) is 5. The molecular formula is C23H28N8O3. The van der Waals surface area contributed by atoms with E-state index < -0.39 is 6.10 Å². The third kappa shape index (κ3) is 4.17. The Morgan fingerprint density at radius 2 is 1.21 bits per heavy atom. The van der Waals surface area contributed by atoms with Gasteiger partial charge < -0.3 is 35.2 Å². The lowest BCUT2D eigenvalue weighted by molar-refractivity contribution is 0.211. The fraction of sp³-hybridized carbons (Fsp3) is 0.478. The number of hydrogen-bond acceptors (Lipinski definition) is 11. The molecule has 0 saturated carbocycles. The maximum absolute atomic E-state index is 11.3. The molecule has 178 valence electrons. The third-order valence-corrected chi connectivity index (χ3v) is 6.52. The first-order valence-corrected chi connectivity index (χ1v) is 11.9. The zero-order valence-electron chi connectivity index (χ0n) is 18.8. The summed E-state index contributed by atoms with van der Waals surface area (Å²) in [5.74, 6) is 0. The Morgan fingerprint density at radius 1 is 0.765 bits per heavy atom. The lowest BCUT2D eigenvalue weighted by Gasteiger charge is -2.22. The van der Waals surface area contributed by atoms with Crippen LogP contribution >= 0.6 is 0 Å². The molecule has 11 heteroatoms. The maximum Gasteiger partial charge on any atom is 0.295 e. The Morgan fingerprint density at radius 3 is 1.65 bits per heavy atom. The quantitative estimate of drug-likeness (QED) is 0.286. The molecule has 0 spiro atoms. The molecule has 5 N–H and O–H groups in total. The number of anilines is 2. The number of pyridine rings is 2. The van der Waals surface area contributed by atoms with Crippen LogP contribution in [0.15, 0.2) is 33.4 Å². The van der Waals surface area contributed by atoms with E-state index in [1.54, 1.807) is 24.5 Å². The SMILES string of the molecule is OC(c1nccc2nc(NC3CCNCC3)oc12)c1nccc2nc(NC3CCNCC3)oc12. The van der Waals surface area contributed by atoms with E-state index in [0.29, 0.717) is 57.7 Å². The van der Waals surface area contributed by atoms with Crippen molar-refractivity contribution in [3.63, 3.8) is 0 Å².